The SMILES string of the molecule is CCOc1ncccc1C(=O)OCC(=O)N1c2ccccc2NC(=O)C12CCCC2. The molecule has 1 spiro atoms. The molecule has 2 aromatic rings. The Balaban J connectivity index is 1.57. The summed E-state index contributed by atoms with van der Waals surface area (Å²) in [6.45, 7) is 1.65. The van der Waals surface area contributed by atoms with Gasteiger partial charge in [-0.25, -0.2) is 9.78 Å². The van der Waals surface area contributed by atoms with E-state index in [0.29, 0.717) is 30.8 Å². The van der Waals surface area contributed by atoms with Crippen molar-refractivity contribution in [3.05, 3.63) is 48.2 Å². The van der Waals surface area contributed by atoms with Gasteiger partial charge in [0, 0.05) is 6.20 Å². The van der Waals surface area contributed by atoms with E-state index in [1.54, 1.807) is 31.2 Å². The van der Waals surface area contributed by atoms with Gasteiger partial charge in [-0.2, -0.15) is 0 Å². The second-order valence-electron chi connectivity index (χ2n) is 7.30. The van der Waals surface area contributed by atoms with Gasteiger partial charge in [-0.1, -0.05) is 25.0 Å². The highest BCUT2D eigenvalue weighted by Crippen LogP contribution is 2.45. The number of aromatic nitrogens is 1. The first-order valence-electron chi connectivity index (χ1n) is 10.1. The Hall–Kier alpha value is -3.42. The van der Waals surface area contributed by atoms with E-state index in [1.165, 1.54) is 17.2 Å². The third kappa shape index (κ3) is 3.38. The number of pyridine rings is 1. The minimum absolute atomic E-state index is 0.152. The van der Waals surface area contributed by atoms with Crippen molar-refractivity contribution in [2.24, 2.45) is 0 Å². The quantitative estimate of drug-likeness (QED) is 0.763. The molecule has 4 rings (SSSR count). The third-order valence-corrected chi connectivity index (χ3v) is 5.52. The van der Waals surface area contributed by atoms with Crippen LogP contribution in [0, 0.1) is 0 Å². The summed E-state index contributed by atoms with van der Waals surface area (Å²) in [5.74, 6) is -1.17. The van der Waals surface area contributed by atoms with E-state index < -0.39 is 24.0 Å². The van der Waals surface area contributed by atoms with Crippen LogP contribution in [0.3, 0.4) is 0 Å². The maximum atomic E-state index is 13.2. The van der Waals surface area contributed by atoms with Gasteiger partial charge in [-0.15, -0.1) is 0 Å². The lowest BCUT2D eigenvalue weighted by molar-refractivity contribution is -0.129. The molecule has 0 unspecified atom stereocenters. The van der Waals surface area contributed by atoms with E-state index in [1.807, 2.05) is 6.07 Å². The largest absolute Gasteiger partial charge is 0.477 e. The molecule has 156 valence electrons. The van der Waals surface area contributed by atoms with Crippen LogP contribution < -0.4 is 15.0 Å². The molecule has 1 aromatic heterocycles. The van der Waals surface area contributed by atoms with Crippen LogP contribution in [0.2, 0.25) is 0 Å². The van der Waals surface area contributed by atoms with Crippen LogP contribution in [-0.2, 0) is 14.3 Å². The lowest BCUT2D eigenvalue weighted by atomic mass is 9.90. The van der Waals surface area contributed by atoms with Crippen LogP contribution in [-0.4, -0.2) is 41.5 Å². The summed E-state index contributed by atoms with van der Waals surface area (Å²) in [5.41, 5.74) is 0.407. The Morgan fingerprint density at radius 2 is 1.93 bits per heavy atom. The fourth-order valence-electron chi connectivity index (χ4n) is 4.20. The Bertz CT molecular complexity index is 984. The zero-order valence-electron chi connectivity index (χ0n) is 16.7. The molecule has 2 amide bonds. The van der Waals surface area contributed by atoms with Crippen molar-refractivity contribution in [1.29, 1.82) is 0 Å². The predicted octanol–water partition coefficient (Wildman–Crippen LogP) is 2.94. The molecular weight excluding hydrogens is 386 g/mol. The molecule has 8 nitrogen and oxygen atoms in total. The van der Waals surface area contributed by atoms with Gasteiger partial charge in [0.15, 0.2) is 6.61 Å². The van der Waals surface area contributed by atoms with Crippen LogP contribution in [0.5, 0.6) is 5.88 Å². The Labute approximate surface area is 174 Å². The van der Waals surface area contributed by atoms with E-state index in [-0.39, 0.29) is 17.4 Å². The number of fused-ring (bicyclic) bond motifs is 1. The molecule has 0 saturated heterocycles. The monoisotopic (exact) mass is 409 g/mol. The number of benzene rings is 1. The standard InChI is InChI=1S/C22H23N3O5/c1-2-29-19-15(8-7-13-23-19)20(27)30-14-18(26)25-17-10-4-3-9-16(17)24-21(28)22(25)11-5-6-12-22/h3-4,7-10,13H,2,5-6,11-12,14H2,1H3,(H,24,28). The van der Waals surface area contributed by atoms with E-state index >= 15 is 0 Å². The molecule has 30 heavy (non-hydrogen) atoms. The molecule has 1 saturated carbocycles. The molecule has 2 heterocycles. The van der Waals surface area contributed by atoms with Crippen molar-refractivity contribution >= 4 is 29.2 Å². The van der Waals surface area contributed by atoms with Crippen LogP contribution in [0.1, 0.15) is 43.0 Å². The van der Waals surface area contributed by atoms with Gasteiger partial charge < -0.3 is 14.8 Å². The topological polar surface area (TPSA) is 97.8 Å². The maximum absolute atomic E-state index is 13.2. The van der Waals surface area contributed by atoms with Gasteiger partial charge in [-0.05, 0) is 44.0 Å². The van der Waals surface area contributed by atoms with Gasteiger partial charge in [-0.3, -0.25) is 14.5 Å². The van der Waals surface area contributed by atoms with Gasteiger partial charge >= 0.3 is 5.97 Å². The Kier molecular flexibility index (Phi) is 5.39. The van der Waals surface area contributed by atoms with Crippen molar-refractivity contribution in [3.8, 4) is 5.88 Å². The zero-order chi connectivity index (χ0) is 21.1. The second kappa shape index (κ2) is 8.14. The summed E-state index contributed by atoms with van der Waals surface area (Å²) < 4.78 is 10.7. The van der Waals surface area contributed by atoms with Gasteiger partial charge in [0.05, 0.1) is 18.0 Å². The van der Waals surface area contributed by atoms with Crippen molar-refractivity contribution in [3.63, 3.8) is 0 Å². The Morgan fingerprint density at radius 1 is 1.17 bits per heavy atom. The molecular formula is C22H23N3O5. The number of hydrogen-bond donors (Lipinski definition) is 1. The fourth-order valence-corrected chi connectivity index (χ4v) is 4.20. The summed E-state index contributed by atoms with van der Waals surface area (Å²) in [7, 11) is 0. The van der Waals surface area contributed by atoms with Crippen LogP contribution in [0.15, 0.2) is 42.6 Å². The van der Waals surface area contributed by atoms with E-state index in [2.05, 4.69) is 10.3 Å². The number of anilines is 2. The first-order valence-corrected chi connectivity index (χ1v) is 10.1. The van der Waals surface area contributed by atoms with E-state index in [9.17, 15) is 14.4 Å². The number of nitrogens with one attached hydrogen (secondary N) is 1. The summed E-state index contributed by atoms with van der Waals surface area (Å²) in [6, 6.07) is 10.3. The number of carbonyl (C=O) groups excluding carboxylic acids is 3. The summed E-state index contributed by atoms with van der Waals surface area (Å²) >= 11 is 0. The van der Waals surface area contributed by atoms with Crippen molar-refractivity contribution < 1.29 is 23.9 Å². The van der Waals surface area contributed by atoms with E-state index in [4.69, 9.17) is 9.47 Å². The Morgan fingerprint density at radius 3 is 2.70 bits per heavy atom. The highest BCUT2D eigenvalue weighted by atomic mass is 16.5. The number of rotatable bonds is 5. The van der Waals surface area contributed by atoms with Crippen LogP contribution in [0.4, 0.5) is 11.4 Å². The fraction of sp³-hybridized carbons (Fsp3) is 0.364. The third-order valence-electron chi connectivity index (χ3n) is 5.52. The summed E-state index contributed by atoms with van der Waals surface area (Å²) in [4.78, 5) is 44.3. The lowest BCUT2D eigenvalue weighted by Gasteiger charge is -2.44. The first kappa shape index (κ1) is 19.9. The molecule has 1 aliphatic heterocycles. The molecule has 1 N–H and O–H groups in total. The van der Waals surface area contributed by atoms with Crippen molar-refractivity contribution in [2.45, 2.75) is 38.1 Å². The normalized spacial score (nSPS) is 16.7. The van der Waals surface area contributed by atoms with Crippen LogP contribution >= 0.6 is 0 Å². The van der Waals surface area contributed by atoms with Gasteiger partial charge in [0.25, 0.3) is 11.8 Å². The van der Waals surface area contributed by atoms with Gasteiger partial charge in [0.2, 0.25) is 5.88 Å². The van der Waals surface area contributed by atoms with Crippen LogP contribution in [0.25, 0.3) is 0 Å². The molecule has 1 aliphatic carbocycles. The molecule has 2 aliphatic rings. The molecule has 0 radical (unpaired) electrons. The van der Waals surface area contributed by atoms with Crippen molar-refractivity contribution in [1.82, 2.24) is 4.98 Å². The summed E-state index contributed by atoms with van der Waals surface area (Å²) in [6.07, 6.45) is 4.37. The zero-order valence-corrected chi connectivity index (χ0v) is 16.7. The minimum Gasteiger partial charge on any atom is -0.477 e. The van der Waals surface area contributed by atoms with Crippen molar-refractivity contribution in [2.75, 3.05) is 23.4 Å². The highest BCUT2D eigenvalue weighted by Gasteiger charge is 2.52. The second-order valence-corrected chi connectivity index (χ2v) is 7.30. The number of carbonyl (C=O) groups is 3. The molecule has 0 atom stereocenters. The number of hydrogen-bond acceptors (Lipinski definition) is 6. The number of esters is 1. The molecule has 8 heteroatoms. The number of ether oxygens (including phenoxy) is 2. The molecule has 1 fully saturated rings. The smallest absolute Gasteiger partial charge is 0.344 e. The number of nitrogens with zero attached hydrogens (tertiary/aromatic N) is 2. The highest BCUT2D eigenvalue weighted by molar-refractivity contribution is 6.15. The number of para-hydroxylation sites is 2. The number of amides is 2. The molecule has 1 aromatic carbocycles. The average Bonchev–Trinajstić information content (AvgIpc) is 3.24. The first-order chi connectivity index (χ1) is 14.6. The predicted molar refractivity (Wildman–Crippen MR) is 109 cm³/mol. The lowest BCUT2D eigenvalue weighted by Crippen LogP contribution is -2.61. The average molecular weight is 409 g/mol. The maximum Gasteiger partial charge on any atom is 0.344 e. The van der Waals surface area contributed by atoms with E-state index in [0.717, 1.165) is 12.8 Å². The minimum atomic E-state index is -0.942. The van der Waals surface area contributed by atoms with Gasteiger partial charge in [0.1, 0.15) is 11.1 Å². The summed E-state index contributed by atoms with van der Waals surface area (Å²) in [5, 5.41) is 2.92. The molecule has 0 bridgehead atoms.